The summed E-state index contributed by atoms with van der Waals surface area (Å²) in [6.07, 6.45) is 3.87. The van der Waals surface area contributed by atoms with E-state index in [2.05, 4.69) is 0 Å². The van der Waals surface area contributed by atoms with Crippen LogP contribution < -0.4 is 4.90 Å². The molecule has 0 aliphatic heterocycles. The van der Waals surface area contributed by atoms with Crippen LogP contribution in [-0.4, -0.2) is 30.2 Å². The van der Waals surface area contributed by atoms with Gasteiger partial charge in [0, 0.05) is 31.4 Å². The summed E-state index contributed by atoms with van der Waals surface area (Å²) in [6, 6.07) is 14.4. The third kappa shape index (κ3) is 4.17. The number of aliphatic hydroxyl groups excluding tert-OH is 1. The Morgan fingerprint density at radius 1 is 1.05 bits per heavy atom. The molecular formula is C17H18N2O3. The van der Waals surface area contributed by atoms with Crippen molar-refractivity contribution in [3.8, 4) is 0 Å². The Bertz CT molecular complexity index is 649. The van der Waals surface area contributed by atoms with Crippen LogP contribution in [0.2, 0.25) is 0 Å². The van der Waals surface area contributed by atoms with Gasteiger partial charge in [-0.2, -0.15) is 0 Å². The van der Waals surface area contributed by atoms with Crippen LogP contribution in [0.3, 0.4) is 0 Å². The van der Waals surface area contributed by atoms with Gasteiger partial charge in [0.25, 0.3) is 5.69 Å². The first kappa shape index (κ1) is 15.7. The Labute approximate surface area is 129 Å². The van der Waals surface area contributed by atoms with Crippen molar-refractivity contribution in [1.82, 2.24) is 0 Å². The number of likely N-dealkylation sites (N-methyl/N-ethyl adjacent to an activating group) is 1. The van der Waals surface area contributed by atoms with Gasteiger partial charge in [-0.3, -0.25) is 10.1 Å². The van der Waals surface area contributed by atoms with Crippen LogP contribution in [0.5, 0.6) is 0 Å². The topological polar surface area (TPSA) is 66.6 Å². The highest BCUT2D eigenvalue weighted by Gasteiger charge is 2.02. The molecule has 0 saturated heterocycles. The number of nitrogens with zero attached hydrogens (tertiary/aromatic N) is 2. The van der Waals surface area contributed by atoms with Crippen molar-refractivity contribution in [3.05, 3.63) is 69.8 Å². The molecule has 0 aliphatic rings. The van der Waals surface area contributed by atoms with Gasteiger partial charge in [0.1, 0.15) is 0 Å². The fraction of sp³-hybridized carbons (Fsp3) is 0.176. The molecule has 2 aromatic carbocycles. The van der Waals surface area contributed by atoms with E-state index in [1.807, 2.05) is 48.4 Å². The van der Waals surface area contributed by atoms with Gasteiger partial charge in [0.2, 0.25) is 0 Å². The highest BCUT2D eigenvalue weighted by atomic mass is 16.6. The number of non-ortho nitro benzene ring substituents is 1. The molecule has 0 aliphatic carbocycles. The summed E-state index contributed by atoms with van der Waals surface area (Å²) < 4.78 is 0. The van der Waals surface area contributed by atoms with E-state index in [9.17, 15) is 10.1 Å². The Balaban J connectivity index is 2.05. The molecule has 0 heterocycles. The molecule has 5 heteroatoms. The molecule has 1 N–H and O–H groups in total. The lowest BCUT2D eigenvalue weighted by molar-refractivity contribution is -0.384. The molecule has 0 amide bonds. The number of benzene rings is 2. The van der Waals surface area contributed by atoms with Crippen LogP contribution in [0.25, 0.3) is 12.2 Å². The predicted octanol–water partition coefficient (Wildman–Crippen LogP) is 3.19. The molecule has 0 spiro atoms. The molecule has 0 saturated carbocycles. The van der Waals surface area contributed by atoms with E-state index in [-0.39, 0.29) is 12.3 Å². The number of anilines is 1. The summed E-state index contributed by atoms with van der Waals surface area (Å²) >= 11 is 0. The largest absolute Gasteiger partial charge is 0.395 e. The van der Waals surface area contributed by atoms with Crippen LogP contribution in [0.15, 0.2) is 48.5 Å². The number of rotatable bonds is 6. The van der Waals surface area contributed by atoms with Crippen molar-refractivity contribution in [2.75, 3.05) is 25.1 Å². The number of nitro groups is 1. The molecule has 22 heavy (non-hydrogen) atoms. The maximum absolute atomic E-state index is 10.6. The lowest BCUT2D eigenvalue weighted by Crippen LogP contribution is -2.20. The summed E-state index contributed by atoms with van der Waals surface area (Å²) in [6.45, 7) is 0.719. The van der Waals surface area contributed by atoms with Crippen molar-refractivity contribution in [1.29, 1.82) is 0 Å². The monoisotopic (exact) mass is 298 g/mol. The van der Waals surface area contributed by atoms with Gasteiger partial charge < -0.3 is 10.0 Å². The quantitative estimate of drug-likeness (QED) is 0.505. The number of hydrogen-bond acceptors (Lipinski definition) is 4. The second-order valence-corrected chi connectivity index (χ2v) is 4.92. The average Bonchev–Trinajstić information content (AvgIpc) is 2.54. The highest BCUT2D eigenvalue weighted by molar-refractivity contribution is 5.70. The van der Waals surface area contributed by atoms with Gasteiger partial charge in [-0.05, 0) is 35.4 Å². The second-order valence-electron chi connectivity index (χ2n) is 4.92. The van der Waals surface area contributed by atoms with Crippen molar-refractivity contribution < 1.29 is 10.0 Å². The number of aliphatic hydroxyl groups is 1. The maximum Gasteiger partial charge on any atom is 0.269 e. The zero-order chi connectivity index (χ0) is 15.9. The third-order valence-electron chi connectivity index (χ3n) is 3.34. The summed E-state index contributed by atoms with van der Waals surface area (Å²) in [5.41, 5.74) is 3.08. The molecule has 0 radical (unpaired) electrons. The first-order chi connectivity index (χ1) is 10.6. The fourth-order valence-corrected chi connectivity index (χ4v) is 2.02. The summed E-state index contributed by atoms with van der Waals surface area (Å²) in [4.78, 5) is 12.2. The molecule has 2 aromatic rings. The zero-order valence-electron chi connectivity index (χ0n) is 12.3. The fourth-order valence-electron chi connectivity index (χ4n) is 2.02. The lowest BCUT2D eigenvalue weighted by atomic mass is 10.1. The maximum atomic E-state index is 10.6. The smallest absolute Gasteiger partial charge is 0.269 e. The number of nitro benzene ring substituents is 1. The van der Waals surface area contributed by atoms with Crippen molar-refractivity contribution >= 4 is 23.5 Å². The van der Waals surface area contributed by atoms with Gasteiger partial charge in [0.05, 0.1) is 11.5 Å². The second kappa shape index (κ2) is 7.38. The van der Waals surface area contributed by atoms with Gasteiger partial charge in [-0.15, -0.1) is 0 Å². The Morgan fingerprint density at radius 2 is 1.55 bits per heavy atom. The van der Waals surface area contributed by atoms with Crippen molar-refractivity contribution in [2.45, 2.75) is 0 Å². The van der Waals surface area contributed by atoms with Crippen LogP contribution in [0.1, 0.15) is 11.1 Å². The summed E-state index contributed by atoms with van der Waals surface area (Å²) in [7, 11) is 1.93. The number of hydrogen-bond donors (Lipinski definition) is 1. The van der Waals surface area contributed by atoms with Gasteiger partial charge in [-0.25, -0.2) is 0 Å². The standard InChI is InChI=1S/C17H18N2O3/c1-18(12-13-20)16-8-4-14(5-9-16)2-3-15-6-10-17(11-7-15)19(21)22/h2-11,20H,12-13H2,1H3. The molecule has 0 unspecified atom stereocenters. The molecule has 0 bridgehead atoms. The Hall–Kier alpha value is -2.66. The highest BCUT2D eigenvalue weighted by Crippen LogP contribution is 2.17. The van der Waals surface area contributed by atoms with Crippen LogP contribution >= 0.6 is 0 Å². The molecule has 0 aromatic heterocycles. The van der Waals surface area contributed by atoms with E-state index < -0.39 is 4.92 Å². The van der Waals surface area contributed by atoms with E-state index in [1.165, 1.54) is 12.1 Å². The average molecular weight is 298 g/mol. The molecular weight excluding hydrogens is 280 g/mol. The Kier molecular flexibility index (Phi) is 5.27. The van der Waals surface area contributed by atoms with Gasteiger partial charge in [-0.1, -0.05) is 24.3 Å². The zero-order valence-corrected chi connectivity index (χ0v) is 12.3. The lowest BCUT2D eigenvalue weighted by Gasteiger charge is -2.17. The minimum absolute atomic E-state index is 0.0911. The Morgan fingerprint density at radius 3 is 2.00 bits per heavy atom. The summed E-state index contributed by atoms with van der Waals surface area (Å²) in [5.74, 6) is 0. The first-order valence-corrected chi connectivity index (χ1v) is 6.95. The minimum Gasteiger partial charge on any atom is -0.395 e. The molecule has 0 atom stereocenters. The van der Waals surface area contributed by atoms with Gasteiger partial charge >= 0.3 is 0 Å². The van der Waals surface area contributed by atoms with Crippen molar-refractivity contribution in [3.63, 3.8) is 0 Å². The third-order valence-corrected chi connectivity index (χ3v) is 3.34. The minimum atomic E-state index is -0.408. The SMILES string of the molecule is CN(CCO)c1ccc(C=Cc2ccc([N+](=O)[O-])cc2)cc1. The van der Waals surface area contributed by atoms with E-state index in [0.717, 1.165) is 16.8 Å². The van der Waals surface area contributed by atoms with Gasteiger partial charge in [0.15, 0.2) is 0 Å². The van der Waals surface area contributed by atoms with E-state index >= 15 is 0 Å². The van der Waals surface area contributed by atoms with Crippen LogP contribution in [-0.2, 0) is 0 Å². The predicted molar refractivity (Wildman–Crippen MR) is 88.8 cm³/mol. The van der Waals surface area contributed by atoms with Crippen molar-refractivity contribution in [2.24, 2.45) is 0 Å². The first-order valence-electron chi connectivity index (χ1n) is 6.95. The summed E-state index contributed by atoms with van der Waals surface area (Å²) in [5, 5.41) is 19.5. The van der Waals surface area contributed by atoms with Crippen LogP contribution in [0, 0.1) is 10.1 Å². The molecule has 0 fully saturated rings. The van der Waals surface area contributed by atoms with E-state index in [0.29, 0.717) is 6.54 Å². The molecule has 114 valence electrons. The van der Waals surface area contributed by atoms with Crippen LogP contribution in [0.4, 0.5) is 11.4 Å². The molecule has 5 nitrogen and oxygen atoms in total. The molecule has 2 rings (SSSR count). The normalized spacial score (nSPS) is 10.8. The van der Waals surface area contributed by atoms with E-state index in [4.69, 9.17) is 5.11 Å². The van der Waals surface area contributed by atoms with E-state index in [1.54, 1.807) is 12.1 Å².